The molecule has 0 aromatic rings. The number of hydrogen-bond donors (Lipinski definition) is 1. The highest BCUT2D eigenvalue weighted by atomic mass is 35.7. The highest BCUT2D eigenvalue weighted by Gasteiger charge is 2.82. The summed E-state index contributed by atoms with van der Waals surface area (Å²) in [6, 6.07) is 0. The fourth-order valence-electron chi connectivity index (χ4n) is 0.356. The molecule has 112 valence electrons. The Morgan fingerprint density at radius 2 is 0.722 bits per heavy atom. The van der Waals surface area contributed by atoms with Crippen molar-refractivity contribution in [2.75, 3.05) is 0 Å². The number of alkyl halides is 10. The van der Waals surface area contributed by atoms with E-state index in [4.69, 9.17) is 8.42 Å². The molecular formula is C4HClF10O2S. The van der Waals surface area contributed by atoms with Gasteiger partial charge in [0.15, 0.2) is 0 Å². The Morgan fingerprint density at radius 3 is 0.778 bits per heavy atom. The third-order valence-electron chi connectivity index (χ3n) is 1.11. The van der Waals surface area contributed by atoms with Crippen LogP contribution < -0.4 is 0 Å². The van der Waals surface area contributed by atoms with Crippen molar-refractivity contribution in [2.24, 2.45) is 0 Å². The molecule has 0 aromatic heterocycles. The molecule has 0 rings (SSSR count). The van der Waals surface area contributed by atoms with Gasteiger partial charge in [0.2, 0.25) is 9.92 Å². The van der Waals surface area contributed by atoms with Crippen molar-refractivity contribution in [2.45, 2.75) is 24.2 Å². The van der Waals surface area contributed by atoms with Crippen molar-refractivity contribution >= 4 is 20.6 Å². The molecule has 0 atom stereocenters. The van der Waals surface area contributed by atoms with Gasteiger partial charge in [0.1, 0.15) is 0 Å². The van der Waals surface area contributed by atoms with Gasteiger partial charge in [-0.15, -0.1) is 0 Å². The van der Waals surface area contributed by atoms with Crippen molar-refractivity contribution < 1.29 is 52.3 Å². The summed E-state index contributed by atoms with van der Waals surface area (Å²) in [5, 5.41) is 0. The van der Waals surface area contributed by atoms with Crippen LogP contribution in [-0.4, -0.2) is 32.6 Å². The van der Waals surface area contributed by atoms with Crippen LogP contribution in [0.3, 0.4) is 0 Å². The molecule has 0 N–H and O–H groups in total. The molecule has 0 bridgehead atoms. The molecule has 0 aliphatic heterocycles. The van der Waals surface area contributed by atoms with Crippen LogP contribution in [0.1, 0.15) is 0 Å². The summed E-state index contributed by atoms with van der Waals surface area (Å²) >= 11 is 0. The van der Waals surface area contributed by atoms with E-state index in [1.807, 2.05) is 0 Å². The maximum absolute atomic E-state index is 11.6. The maximum atomic E-state index is 11.6. The first-order valence-electron chi connectivity index (χ1n) is 3.17. The van der Waals surface area contributed by atoms with E-state index in [1.54, 1.807) is 0 Å². The summed E-state index contributed by atoms with van der Waals surface area (Å²) in [6.45, 7) is 0. The zero-order chi connectivity index (χ0) is 15.6. The molecule has 2 nitrogen and oxygen atoms in total. The minimum atomic E-state index is -7.14. The minimum Gasteiger partial charge on any atom is -0.215 e. The molecule has 0 aliphatic rings. The average molecular weight is 339 g/mol. The number of rotatable bonds is 1. The third kappa shape index (κ3) is 4.66. The highest BCUT2D eigenvalue weighted by Crippen LogP contribution is 2.53. The van der Waals surface area contributed by atoms with Gasteiger partial charge in [-0.05, 0) is 0 Å². The molecule has 18 heavy (non-hydrogen) atoms. The normalized spacial score (nSPS) is 14.2. The van der Waals surface area contributed by atoms with Gasteiger partial charge >= 0.3 is 24.2 Å². The van der Waals surface area contributed by atoms with Crippen molar-refractivity contribution in [1.82, 2.24) is 0 Å². The molecule has 0 spiro atoms. The molecule has 0 fully saturated rings. The van der Waals surface area contributed by atoms with Gasteiger partial charge in [-0.1, -0.05) is 0 Å². The molecule has 0 saturated heterocycles. The molecule has 0 radical (unpaired) electrons. The van der Waals surface area contributed by atoms with Gasteiger partial charge in [-0.25, -0.2) is 8.42 Å². The first kappa shape index (κ1) is 19.9. The predicted molar refractivity (Wildman–Crippen MR) is 38.2 cm³/mol. The largest absolute Gasteiger partial charge is 0.460 e. The smallest absolute Gasteiger partial charge is 0.215 e. The maximum Gasteiger partial charge on any atom is 0.460 e. The Balaban J connectivity index is 0. The van der Waals surface area contributed by atoms with Crippen LogP contribution in [0.15, 0.2) is 0 Å². The van der Waals surface area contributed by atoms with Gasteiger partial charge in [0.05, 0.1) is 0 Å². The van der Waals surface area contributed by atoms with Crippen LogP contribution in [0.2, 0.25) is 0 Å². The summed E-state index contributed by atoms with van der Waals surface area (Å²) in [5.74, 6) is -14.3. The fourth-order valence-corrected chi connectivity index (χ4v) is 0.356. The summed E-state index contributed by atoms with van der Waals surface area (Å²) in [7, 11) is 1.58. The van der Waals surface area contributed by atoms with Gasteiger partial charge < -0.3 is 0 Å². The quantitative estimate of drug-likeness (QED) is 0.453. The molecular weight excluding hydrogens is 338 g/mol. The SMILES string of the molecule is FC(F)(F)C(F)(F)C(F)(F)C(F)(F)F.O=[SH](=O)Cl. The van der Waals surface area contributed by atoms with E-state index in [-0.39, 0.29) is 0 Å². The Kier molecular flexibility index (Phi) is 6.26. The van der Waals surface area contributed by atoms with Crippen LogP contribution in [0.5, 0.6) is 0 Å². The van der Waals surface area contributed by atoms with Crippen LogP contribution >= 0.6 is 10.7 Å². The zero-order valence-electron chi connectivity index (χ0n) is 7.42. The molecule has 0 unspecified atom stereocenters. The summed E-state index contributed by atoms with van der Waals surface area (Å²) in [5.41, 5.74) is 0. The molecule has 0 aromatic carbocycles. The van der Waals surface area contributed by atoms with E-state index in [0.717, 1.165) is 0 Å². The lowest BCUT2D eigenvalue weighted by Gasteiger charge is -2.29. The Bertz CT molecular complexity index is 309. The van der Waals surface area contributed by atoms with Crippen molar-refractivity contribution in [3.05, 3.63) is 0 Å². The second-order valence-electron chi connectivity index (χ2n) is 2.36. The highest BCUT2D eigenvalue weighted by molar-refractivity contribution is 7.98. The lowest BCUT2D eigenvalue weighted by atomic mass is 10.1. The zero-order valence-corrected chi connectivity index (χ0v) is 9.07. The Labute approximate surface area is 98.0 Å². The third-order valence-corrected chi connectivity index (χ3v) is 1.11. The summed E-state index contributed by atoms with van der Waals surface area (Å²) in [6.07, 6.45) is -13.9. The molecule has 0 saturated carbocycles. The second-order valence-corrected chi connectivity index (χ2v) is 3.61. The monoisotopic (exact) mass is 338 g/mol. The van der Waals surface area contributed by atoms with Crippen molar-refractivity contribution in [3.8, 4) is 0 Å². The van der Waals surface area contributed by atoms with E-state index in [9.17, 15) is 43.9 Å². The summed E-state index contributed by atoms with van der Waals surface area (Å²) < 4.78 is 131. The molecule has 0 aliphatic carbocycles. The fraction of sp³-hybridized carbons (Fsp3) is 1.00. The standard InChI is InChI=1S/C4F10.ClHO2S/c5-1(6,3(9,10)11)2(7,8)4(12,13)14;1-4(2)3/h;4H. The predicted octanol–water partition coefficient (Wildman–Crippen LogP) is 3.13. The van der Waals surface area contributed by atoms with Crippen LogP contribution in [0.4, 0.5) is 43.9 Å². The summed E-state index contributed by atoms with van der Waals surface area (Å²) in [4.78, 5) is 0. The van der Waals surface area contributed by atoms with E-state index in [1.165, 1.54) is 0 Å². The lowest BCUT2D eigenvalue weighted by Crippen LogP contribution is -2.59. The number of halogens is 11. The van der Waals surface area contributed by atoms with Gasteiger partial charge in [0.25, 0.3) is 0 Å². The van der Waals surface area contributed by atoms with Crippen LogP contribution in [-0.2, 0) is 9.92 Å². The van der Waals surface area contributed by atoms with E-state index < -0.39 is 34.1 Å². The number of thiol groups is 1. The Hall–Kier alpha value is -0.460. The minimum absolute atomic E-state index is 2.65. The van der Waals surface area contributed by atoms with Gasteiger partial charge in [0, 0.05) is 10.7 Å². The lowest BCUT2D eigenvalue weighted by molar-refractivity contribution is -0.419. The van der Waals surface area contributed by atoms with Crippen LogP contribution in [0.25, 0.3) is 0 Å². The molecule has 0 heterocycles. The number of hydrogen-bond acceptors (Lipinski definition) is 2. The average Bonchev–Trinajstić information content (AvgIpc) is 1.97. The molecule has 0 amide bonds. The van der Waals surface area contributed by atoms with E-state index in [0.29, 0.717) is 0 Å². The van der Waals surface area contributed by atoms with Crippen molar-refractivity contribution in [1.29, 1.82) is 0 Å². The van der Waals surface area contributed by atoms with E-state index >= 15 is 0 Å². The van der Waals surface area contributed by atoms with Crippen LogP contribution in [0, 0.1) is 0 Å². The Morgan fingerprint density at radius 1 is 0.611 bits per heavy atom. The van der Waals surface area contributed by atoms with E-state index in [2.05, 4.69) is 10.7 Å². The topological polar surface area (TPSA) is 34.1 Å². The second kappa shape index (κ2) is 5.67. The van der Waals surface area contributed by atoms with Crippen molar-refractivity contribution in [3.63, 3.8) is 0 Å². The first-order valence-corrected chi connectivity index (χ1v) is 5.26. The van der Waals surface area contributed by atoms with Gasteiger partial charge in [-0.2, -0.15) is 43.9 Å². The molecule has 14 heteroatoms. The van der Waals surface area contributed by atoms with Gasteiger partial charge in [-0.3, -0.25) is 0 Å². The first-order chi connectivity index (χ1) is 7.48.